The first-order chi connectivity index (χ1) is 39.2. The van der Waals surface area contributed by atoms with E-state index >= 15 is 0 Å². The summed E-state index contributed by atoms with van der Waals surface area (Å²) in [6, 6.07) is 72.9. The highest BCUT2D eigenvalue weighted by molar-refractivity contribution is 6.14. The second-order valence-electron chi connectivity index (χ2n) is 18.8. The van der Waals surface area contributed by atoms with E-state index in [1.165, 1.54) is 0 Å². The highest BCUT2D eigenvalue weighted by Crippen LogP contribution is 2.43. The van der Waals surface area contributed by atoms with Crippen molar-refractivity contribution in [3.63, 3.8) is 0 Å². The molecule has 0 radical (unpaired) electrons. The lowest BCUT2D eigenvalue weighted by Gasteiger charge is -2.17. The van der Waals surface area contributed by atoms with Crippen molar-refractivity contribution < 1.29 is 0 Å². The van der Waals surface area contributed by atoms with Crippen molar-refractivity contribution in [3.05, 3.63) is 232 Å². The number of pyridine rings is 1. The van der Waals surface area contributed by atoms with Crippen molar-refractivity contribution in [2.45, 2.75) is 0 Å². The number of benzene rings is 9. The van der Waals surface area contributed by atoms with Crippen molar-refractivity contribution >= 4 is 43.6 Å². The van der Waals surface area contributed by atoms with Crippen LogP contribution in [0.4, 0.5) is 0 Å². The zero-order valence-electron chi connectivity index (χ0n) is 41.7. The van der Waals surface area contributed by atoms with Gasteiger partial charge in [-0.3, -0.25) is 4.57 Å². The molecule has 0 unspecified atom stereocenters. The average molecular weight is 1020 g/mol. The number of nitrogens with zero attached hydrogens (tertiary/aromatic N) is 12. The van der Waals surface area contributed by atoms with Gasteiger partial charge in [0, 0.05) is 27.1 Å². The summed E-state index contributed by atoms with van der Waals surface area (Å²) in [5.41, 5.74) is 14.1. The second-order valence-corrected chi connectivity index (χ2v) is 18.8. The summed E-state index contributed by atoms with van der Waals surface area (Å²) in [7, 11) is 0. The van der Waals surface area contributed by atoms with Gasteiger partial charge in [-0.15, -0.1) is 0 Å². The molecule has 0 spiro atoms. The molecular weight excluding hydrogens is 985 g/mol. The molecule has 12 heteroatoms. The molecule has 12 rings (SSSR count). The average Bonchev–Trinajstić information content (AvgIpc) is 4.06. The third-order valence-corrected chi connectivity index (χ3v) is 14.5. The number of fused-ring (bicyclic) bond motifs is 6. The van der Waals surface area contributed by atoms with Crippen molar-refractivity contribution in [1.29, 1.82) is 47.4 Å². The van der Waals surface area contributed by atoms with Gasteiger partial charge in [-0.1, -0.05) is 60.7 Å². The lowest BCUT2D eigenvalue weighted by molar-refractivity contribution is 1.06. The van der Waals surface area contributed by atoms with Crippen LogP contribution in [0.25, 0.3) is 111 Å². The fourth-order valence-corrected chi connectivity index (χ4v) is 10.7. The predicted octanol–water partition coefficient (Wildman–Crippen LogP) is 14.5. The summed E-state index contributed by atoms with van der Waals surface area (Å²) in [6.07, 6.45) is 1.82. The van der Waals surface area contributed by atoms with E-state index in [9.17, 15) is 47.4 Å². The third-order valence-electron chi connectivity index (χ3n) is 14.5. The largest absolute Gasteiger partial charge is 0.307 e. The van der Waals surface area contributed by atoms with Crippen molar-refractivity contribution in [2.24, 2.45) is 0 Å². The van der Waals surface area contributed by atoms with Crippen LogP contribution in [0.3, 0.4) is 0 Å². The van der Waals surface area contributed by atoms with E-state index < -0.39 is 0 Å². The Morgan fingerprint density at radius 2 is 0.562 bits per heavy atom. The summed E-state index contributed by atoms with van der Waals surface area (Å²) >= 11 is 0. The molecule has 0 amide bonds. The van der Waals surface area contributed by atoms with Crippen LogP contribution in [0.15, 0.2) is 182 Å². The molecule has 362 valence electrons. The number of nitriles is 9. The Morgan fingerprint density at radius 1 is 0.263 bits per heavy atom. The summed E-state index contributed by atoms with van der Waals surface area (Å²) in [5, 5.41) is 92.9. The Morgan fingerprint density at radius 3 is 0.875 bits per heavy atom. The normalized spacial score (nSPS) is 10.6. The molecule has 0 aliphatic heterocycles. The van der Waals surface area contributed by atoms with Gasteiger partial charge in [0.15, 0.2) is 0 Å². The van der Waals surface area contributed by atoms with Crippen LogP contribution in [0.1, 0.15) is 50.1 Å². The van der Waals surface area contributed by atoms with Crippen LogP contribution in [-0.2, 0) is 0 Å². The van der Waals surface area contributed by atoms with Crippen LogP contribution < -0.4 is 0 Å². The summed E-state index contributed by atoms with van der Waals surface area (Å²) in [6.45, 7) is 0. The number of hydrogen-bond donors (Lipinski definition) is 0. The molecule has 12 nitrogen and oxygen atoms in total. The first-order valence-electron chi connectivity index (χ1n) is 24.7. The number of aromatic nitrogens is 3. The Labute approximate surface area is 456 Å². The van der Waals surface area contributed by atoms with Crippen LogP contribution in [0, 0.1) is 102 Å². The first-order valence-corrected chi connectivity index (χ1v) is 24.7. The minimum atomic E-state index is 0.340. The smallest absolute Gasteiger partial charge is 0.138 e. The van der Waals surface area contributed by atoms with E-state index in [0.717, 1.165) is 77.0 Å². The van der Waals surface area contributed by atoms with Gasteiger partial charge in [0.2, 0.25) is 0 Å². The molecule has 12 aromatic rings. The van der Waals surface area contributed by atoms with Crippen molar-refractivity contribution in [1.82, 2.24) is 14.1 Å². The first kappa shape index (κ1) is 48.1. The Kier molecular flexibility index (Phi) is 11.7. The fraction of sp³-hybridized carbons (Fsp3) is 0. The summed E-state index contributed by atoms with van der Waals surface area (Å²) in [4.78, 5) is 5.29. The molecule has 0 N–H and O–H groups in total. The van der Waals surface area contributed by atoms with Gasteiger partial charge in [-0.25, -0.2) is 4.98 Å². The van der Waals surface area contributed by atoms with E-state index in [2.05, 4.69) is 63.8 Å². The Balaban J connectivity index is 1.13. The molecule has 3 heterocycles. The van der Waals surface area contributed by atoms with E-state index in [0.29, 0.717) is 83.8 Å². The van der Waals surface area contributed by atoms with Gasteiger partial charge in [0.1, 0.15) is 5.82 Å². The maximum atomic E-state index is 10.3. The Hall–Kier alpha value is -12.9. The lowest BCUT2D eigenvalue weighted by atomic mass is 9.95. The van der Waals surface area contributed by atoms with E-state index in [-0.39, 0.29) is 0 Å². The SMILES string of the molecule is N#Cc1ccc(-c2cc(-n3c4ccc(-c5ccc(C#N)cc5C#N)cc4c4cc(-c5ccc(C#N)cc5C#N)ccc43)ncc2-n2c3ccc(-c4ccc(C#N)cc4C#N)cc3c3cc(-c4ccc(C#N)cc4C#N)ccc32)cc1. The highest BCUT2D eigenvalue weighted by atomic mass is 15.1. The topological polar surface area (TPSA) is 237 Å². The van der Waals surface area contributed by atoms with Gasteiger partial charge in [0.25, 0.3) is 0 Å². The predicted molar refractivity (Wildman–Crippen MR) is 303 cm³/mol. The standard InChI is InChI=1S/C68H30N12/c69-30-40-1-7-45(8-2-40)58-29-68(80-65-19-11-48(56-15-5-43(33-72)23-52(56)37-76)27-61(65)62-28-49(12-20-66(62)80)57-16-6-44(34-73)24-53(57)38-77)78-39-67(58)79-63-17-9-46(54-13-3-41(31-70)21-50(54)35-74)25-59(63)60-26-47(10-18-64(60)79)55-14-4-42(32-71)22-51(55)36-75/h1-29,39H. The van der Waals surface area contributed by atoms with E-state index in [1.54, 1.807) is 84.9 Å². The van der Waals surface area contributed by atoms with Crippen molar-refractivity contribution in [3.8, 4) is 122 Å². The monoisotopic (exact) mass is 1010 g/mol. The van der Waals surface area contributed by atoms with Gasteiger partial charge in [-0.05, 0) is 165 Å². The number of rotatable bonds is 7. The molecule has 0 aliphatic rings. The maximum Gasteiger partial charge on any atom is 0.138 e. The number of hydrogen-bond acceptors (Lipinski definition) is 10. The molecule has 0 aliphatic carbocycles. The summed E-state index contributed by atoms with van der Waals surface area (Å²) < 4.78 is 4.18. The maximum absolute atomic E-state index is 10.3. The fourth-order valence-electron chi connectivity index (χ4n) is 10.7. The van der Waals surface area contributed by atoms with Crippen LogP contribution in [-0.4, -0.2) is 14.1 Å². The molecule has 3 aromatic heterocycles. The molecule has 0 fully saturated rings. The molecule has 0 saturated heterocycles. The van der Waals surface area contributed by atoms with Gasteiger partial charge in [-0.2, -0.15) is 47.4 Å². The van der Waals surface area contributed by atoms with E-state index in [4.69, 9.17) is 4.98 Å². The second kappa shape index (κ2) is 19.4. The van der Waals surface area contributed by atoms with E-state index in [1.807, 2.05) is 97.2 Å². The minimum Gasteiger partial charge on any atom is -0.307 e. The zero-order valence-corrected chi connectivity index (χ0v) is 41.7. The zero-order chi connectivity index (χ0) is 55.2. The van der Waals surface area contributed by atoms with Crippen LogP contribution in [0.2, 0.25) is 0 Å². The lowest BCUT2D eigenvalue weighted by Crippen LogP contribution is -2.03. The van der Waals surface area contributed by atoms with Crippen LogP contribution in [0.5, 0.6) is 0 Å². The third kappa shape index (κ3) is 7.90. The highest BCUT2D eigenvalue weighted by Gasteiger charge is 2.23. The minimum absolute atomic E-state index is 0.340. The molecule has 0 atom stereocenters. The molecule has 9 aromatic carbocycles. The Bertz CT molecular complexity index is 4860. The summed E-state index contributed by atoms with van der Waals surface area (Å²) in [5.74, 6) is 0.542. The van der Waals surface area contributed by atoms with Gasteiger partial charge < -0.3 is 4.57 Å². The molecule has 0 saturated carbocycles. The molecule has 80 heavy (non-hydrogen) atoms. The van der Waals surface area contributed by atoms with Crippen LogP contribution >= 0.6 is 0 Å². The quantitative estimate of drug-likeness (QED) is 0.146. The molecule has 0 bridgehead atoms. The van der Waals surface area contributed by atoms with Crippen molar-refractivity contribution in [2.75, 3.05) is 0 Å². The molecular formula is C68H30N12. The van der Waals surface area contributed by atoms with Gasteiger partial charge in [0.05, 0.1) is 139 Å². The van der Waals surface area contributed by atoms with Gasteiger partial charge >= 0.3 is 0 Å².